The van der Waals surface area contributed by atoms with E-state index in [-0.39, 0.29) is 18.6 Å². The molecule has 20 heavy (non-hydrogen) atoms. The van der Waals surface area contributed by atoms with Gasteiger partial charge in [-0.15, -0.1) is 11.3 Å². The third kappa shape index (κ3) is 7.26. The zero-order chi connectivity index (χ0) is 15.0. The first-order valence-electron chi connectivity index (χ1n) is 6.90. The number of hydrogen-bond acceptors (Lipinski definition) is 5. The quantitative estimate of drug-likeness (QED) is 0.688. The number of rotatable bonds is 9. The van der Waals surface area contributed by atoms with Crippen LogP contribution in [0.2, 0.25) is 0 Å². The number of carbonyl (C=O) groups excluding carboxylic acids is 1. The molecule has 6 heteroatoms. The first-order valence-corrected chi connectivity index (χ1v) is 8.93. The predicted molar refractivity (Wildman–Crippen MR) is 86.1 cm³/mol. The summed E-state index contributed by atoms with van der Waals surface area (Å²) in [6.45, 7) is 6.17. The van der Waals surface area contributed by atoms with Crippen molar-refractivity contribution in [3.05, 3.63) is 16.1 Å². The van der Waals surface area contributed by atoms with E-state index in [0.717, 1.165) is 28.6 Å². The highest BCUT2D eigenvalue weighted by Crippen LogP contribution is 2.15. The summed E-state index contributed by atoms with van der Waals surface area (Å²) in [7, 11) is 0. The highest BCUT2D eigenvalue weighted by molar-refractivity contribution is 7.98. The zero-order valence-corrected chi connectivity index (χ0v) is 14.0. The number of aliphatic hydroxyl groups is 1. The lowest BCUT2D eigenvalue weighted by molar-refractivity contribution is -0.121. The summed E-state index contributed by atoms with van der Waals surface area (Å²) in [5.74, 6) is 2.12. The van der Waals surface area contributed by atoms with Gasteiger partial charge in [-0.25, -0.2) is 4.98 Å². The molecule has 114 valence electrons. The molecule has 4 nitrogen and oxygen atoms in total. The molecule has 1 unspecified atom stereocenters. The van der Waals surface area contributed by atoms with Crippen LogP contribution in [-0.2, 0) is 10.5 Å². The van der Waals surface area contributed by atoms with Crippen LogP contribution in [0, 0.1) is 12.8 Å². The van der Waals surface area contributed by atoms with Crippen LogP contribution in [0.1, 0.15) is 37.4 Å². The van der Waals surface area contributed by atoms with Crippen LogP contribution in [0.25, 0.3) is 0 Å². The lowest BCUT2D eigenvalue weighted by Gasteiger charge is -2.18. The third-order valence-electron chi connectivity index (χ3n) is 2.73. The zero-order valence-electron chi connectivity index (χ0n) is 12.4. The molecule has 0 saturated carbocycles. The molecule has 2 N–H and O–H groups in total. The van der Waals surface area contributed by atoms with Gasteiger partial charge in [0.05, 0.1) is 23.4 Å². The molecular formula is C14H24N2O2S2. The summed E-state index contributed by atoms with van der Waals surface area (Å²) in [5, 5.41) is 15.2. The van der Waals surface area contributed by atoms with E-state index in [1.165, 1.54) is 0 Å². The number of nitrogens with zero attached hydrogens (tertiary/aromatic N) is 1. The summed E-state index contributed by atoms with van der Waals surface area (Å²) in [6, 6.07) is -0.117. The first kappa shape index (κ1) is 17.5. The van der Waals surface area contributed by atoms with Crippen molar-refractivity contribution in [3.8, 4) is 0 Å². The predicted octanol–water partition coefficient (Wildman–Crippen LogP) is 2.60. The minimum Gasteiger partial charge on any atom is -0.394 e. The number of nitrogens with one attached hydrogen (secondary N) is 1. The first-order chi connectivity index (χ1) is 9.51. The maximum Gasteiger partial charge on any atom is 0.221 e. The van der Waals surface area contributed by atoms with Crippen LogP contribution < -0.4 is 5.32 Å². The van der Waals surface area contributed by atoms with Gasteiger partial charge in [-0.2, -0.15) is 11.8 Å². The maximum absolute atomic E-state index is 11.8. The second-order valence-electron chi connectivity index (χ2n) is 5.24. The molecule has 1 rings (SSSR count). The molecule has 0 bridgehead atoms. The monoisotopic (exact) mass is 316 g/mol. The normalized spacial score (nSPS) is 12.7. The van der Waals surface area contributed by atoms with Crippen molar-refractivity contribution in [3.63, 3.8) is 0 Å². The van der Waals surface area contributed by atoms with E-state index < -0.39 is 0 Å². The number of amides is 1. The Labute approximate surface area is 129 Å². The number of thiazole rings is 1. The lowest BCUT2D eigenvalue weighted by atomic mass is 10.0. The molecule has 0 aliphatic carbocycles. The van der Waals surface area contributed by atoms with Crippen LogP contribution in [-0.4, -0.2) is 34.4 Å². The van der Waals surface area contributed by atoms with Gasteiger partial charge in [0, 0.05) is 23.3 Å². The number of aromatic nitrogens is 1. The molecule has 1 aromatic heterocycles. The van der Waals surface area contributed by atoms with Crippen LogP contribution in [0.3, 0.4) is 0 Å². The molecule has 0 aromatic carbocycles. The van der Waals surface area contributed by atoms with Gasteiger partial charge in [-0.05, 0) is 19.3 Å². The molecule has 0 radical (unpaired) electrons. The van der Waals surface area contributed by atoms with Gasteiger partial charge in [0.1, 0.15) is 0 Å². The molecule has 0 saturated heterocycles. The van der Waals surface area contributed by atoms with Crippen LogP contribution in [0.5, 0.6) is 0 Å². The summed E-state index contributed by atoms with van der Waals surface area (Å²) in [5.41, 5.74) is 1.09. The highest BCUT2D eigenvalue weighted by Gasteiger charge is 2.12. The lowest BCUT2D eigenvalue weighted by Crippen LogP contribution is -2.38. The molecule has 0 fully saturated rings. The summed E-state index contributed by atoms with van der Waals surface area (Å²) < 4.78 is 0. The van der Waals surface area contributed by atoms with Gasteiger partial charge < -0.3 is 10.4 Å². The number of hydrogen-bond donors (Lipinski definition) is 2. The van der Waals surface area contributed by atoms with Gasteiger partial charge in [0.15, 0.2) is 0 Å². The average Bonchev–Trinajstić information content (AvgIpc) is 2.79. The number of carbonyl (C=O) groups is 1. The molecule has 0 aliphatic rings. The van der Waals surface area contributed by atoms with E-state index >= 15 is 0 Å². The Morgan fingerprint density at radius 1 is 1.55 bits per heavy atom. The fourth-order valence-electron chi connectivity index (χ4n) is 1.86. The van der Waals surface area contributed by atoms with E-state index in [9.17, 15) is 9.90 Å². The van der Waals surface area contributed by atoms with Gasteiger partial charge in [0.2, 0.25) is 5.91 Å². The minimum absolute atomic E-state index is 0.00909. The van der Waals surface area contributed by atoms with Crippen molar-refractivity contribution >= 4 is 29.0 Å². The van der Waals surface area contributed by atoms with Crippen LogP contribution >= 0.6 is 23.1 Å². The Balaban J connectivity index is 2.16. The Bertz CT molecular complexity index is 408. The van der Waals surface area contributed by atoms with E-state index in [2.05, 4.69) is 29.5 Å². The minimum atomic E-state index is -0.117. The van der Waals surface area contributed by atoms with Crippen molar-refractivity contribution in [2.45, 2.75) is 45.4 Å². The molecule has 1 atom stereocenters. The van der Waals surface area contributed by atoms with Crippen molar-refractivity contribution in [2.75, 3.05) is 12.4 Å². The SMILES string of the molecule is Cc1nc(CSCCC(=O)NC(CO)CC(C)C)cs1. The van der Waals surface area contributed by atoms with Gasteiger partial charge in [-0.1, -0.05) is 13.8 Å². The Hall–Kier alpha value is -0.590. The van der Waals surface area contributed by atoms with Crippen LogP contribution in [0.15, 0.2) is 5.38 Å². The topological polar surface area (TPSA) is 62.2 Å². The third-order valence-corrected chi connectivity index (χ3v) is 4.55. The molecule has 1 aromatic rings. The van der Waals surface area contributed by atoms with E-state index in [1.54, 1.807) is 23.1 Å². The van der Waals surface area contributed by atoms with Crippen molar-refractivity contribution in [2.24, 2.45) is 5.92 Å². The van der Waals surface area contributed by atoms with E-state index in [0.29, 0.717) is 12.3 Å². The second kappa shape index (κ2) is 9.37. The Morgan fingerprint density at radius 3 is 2.85 bits per heavy atom. The fourth-order valence-corrected chi connectivity index (χ4v) is 3.41. The number of aryl methyl sites for hydroxylation is 1. The fraction of sp³-hybridized carbons (Fsp3) is 0.714. The van der Waals surface area contributed by atoms with E-state index in [4.69, 9.17) is 0 Å². The van der Waals surface area contributed by atoms with Gasteiger partial charge >= 0.3 is 0 Å². The molecule has 1 heterocycles. The number of aliphatic hydroxyl groups excluding tert-OH is 1. The average molecular weight is 316 g/mol. The molecular weight excluding hydrogens is 292 g/mol. The highest BCUT2D eigenvalue weighted by atomic mass is 32.2. The van der Waals surface area contributed by atoms with Gasteiger partial charge in [0.25, 0.3) is 0 Å². The largest absolute Gasteiger partial charge is 0.394 e. The standard InChI is InChI=1S/C14H24N2O2S2/c1-10(2)6-12(7-17)16-14(18)4-5-19-8-13-9-20-11(3)15-13/h9-10,12,17H,4-8H2,1-3H3,(H,16,18). The number of thioether (sulfide) groups is 1. The van der Waals surface area contributed by atoms with Crippen LogP contribution in [0.4, 0.5) is 0 Å². The van der Waals surface area contributed by atoms with E-state index in [1.807, 2.05) is 6.92 Å². The van der Waals surface area contributed by atoms with Crippen molar-refractivity contribution in [1.82, 2.24) is 10.3 Å². The van der Waals surface area contributed by atoms with Crippen molar-refractivity contribution in [1.29, 1.82) is 0 Å². The summed E-state index contributed by atoms with van der Waals surface area (Å²) in [4.78, 5) is 16.1. The van der Waals surface area contributed by atoms with Crippen molar-refractivity contribution < 1.29 is 9.90 Å². The summed E-state index contributed by atoms with van der Waals surface area (Å²) in [6.07, 6.45) is 1.30. The molecule has 0 aliphatic heterocycles. The molecule has 1 amide bonds. The Morgan fingerprint density at radius 2 is 2.30 bits per heavy atom. The smallest absolute Gasteiger partial charge is 0.221 e. The van der Waals surface area contributed by atoms with Gasteiger partial charge in [-0.3, -0.25) is 4.79 Å². The summed E-state index contributed by atoms with van der Waals surface area (Å²) >= 11 is 3.37. The maximum atomic E-state index is 11.8. The Kier molecular flexibility index (Phi) is 8.18. The second-order valence-corrected chi connectivity index (χ2v) is 7.40. The molecule has 0 spiro atoms.